The minimum atomic E-state index is -0.580. The number of esters is 1. The van der Waals surface area contributed by atoms with E-state index < -0.39 is 17.4 Å². The van der Waals surface area contributed by atoms with E-state index in [0.29, 0.717) is 16.7 Å². The minimum Gasteiger partial charge on any atom is -0.465 e. The molecular weight excluding hydrogens is 374 g/mol. The van der Waals surface area contributed by atoms with Crippen molar-refractivity contribution >= 4 is 17.8 Å². The molecule has 1 heterocycles. The number of carbonyl (C=O) groups is 3. The number of rotatable bonds is 6. The van der Waals surface area contributed by atoms with Gasteiger partial charge in [0.05, 0.1) is 18.2 Å². The second-order valence-electron chi connectivity index (χ2n) is 6.93. The molecule has 0 unspecified atom stereocenters. The van der Waals surface area contributed by atoms with Crippen molar-refractivity contribution in [2.45, 2.75) is 31.7 Å². The molecule has 3 rings (SSSR count). The number of hydrogen-bond acceptors (Lipinski definition) is 5. The van der Waals surface area contributed by atoms with E-state index in [0.717, 1.165) is 19.3 Å². The molecular formula is C21H23N3O5. The lowest BCUT2D eigenvalue weighted by Gasteiger charge is -2.27. The number of benzene rings is 1. The number of hydrogen-bond donors (Lipinski definition) is 3. The van der Waals surface area contributed by atoms with Crippen LogP contribution in [0.4, 0.5) is 0 Å². The Morgan fingerprint density at radius 2 is 1.97 bits per heavy atom. The molecule has 1 fully saturated rings. The first-order valence-electron chi connectivity index (χ1n) is 9.39. The van der Waals surface area contributed by atoms with Crippen molar-refractivity contribution in [3.8, 4) is 0 Å². The molecule has 1 saturated carbocycles. The summed E-state index contributed by atoms with van der Waals surface area (Å²) in [5.41, 5.74) is 0.865. The first-order valence-corrected chi connectivity index (χ1v) is 9.39. The van der Waals surface area contributed by atoms with Gasteiger partial charge >= 0.3 is 5.97 Å². The maximum Gasteiger partial charge on any atom is 0.337 e. The van der Waals surface area contributed by atoms with Crippen molar-refractivity contribution in [3.63, 3.8) is 0 Å². The molecule has 0 aliphatic heterocycles. The number of nitrogens with one attached hydrogen (secondary N) is 3. The highest BCUT2D eigenvalue weighted by atomic mass is 16.5. The lowest BCUT2D eigenvalue weighted by molar-refractivity contribution is 0.0600. The Hall–Kier alpha value is -3.42. The third-order valence-corrected chi connectivity index (χ3v) is 5.07. The summed E-state index contributed by atoms with van der Waals surface area (Å²) >= 11 is 0. The summed E-state index contributed by atoms with van der Waals surface area (Å²) in [6.07, 6.45) is 4.35. The Bertz CT molecular complexity index is 1010. The van der Waals surface area contributed by atoms with Crippen molar-refractivity contribution < 1.29 is 19.1 Å². The molecule has 0 bridgehead atoms. The van der Waals surface area contributed by atoms with Crippen LogP contribution < -0.4 is 16.2 Å². The number of aromatic amines is 1. The Labute approximate surface area is 167 Å². The number of carbonyl (C=O) groups excluding carboxylic acids is 3. The zero-order valence-electron chi connectivity index (χ0n) is 16.3. The fraction of sp³-hybridized carbons (Fsp3) is 0.333. The highest BCUT2D eigenvalue weighted by Gasteiger charge is 2.26. The van der Waals surface area contributed by atoms with Gasteiger partial charge in [0.15, 0.2) is 0 Å². The van der Waals surface area contributed by atoms with Gasteiger partial charge in [-0.15, -0.1) is 0 Å². The Kier molecular flexibility index (Phi) is 6.11. The number of methoxy groups -OCH3 is 1. The molecule has 2 aromatic rings. The van der Waals surface area contributed by atoms with Gasteiger partial charge in [0.25, 0.3) is 17.4 Å². The van der Waals surface area contributed by atoms with E-state index in [1.165, 1.54) is 20.4 Å². The van der Waals surface area contributed by atoms with E-state index in [1.54, 1.807) is 24.3 Å². The van der Waals surface area contributed by atoms with Crippen LogP contribution >= 0.6 is 0 Å². The number of aromatic nitrogens is 1. The minimum absolute atomic E-state index is 0.105. The molecule has 2 amide bonds. The second kappa shape index (κ2) is 8.72. The van der Waals surface area contributed by atoms with Gasteiger partial charge in [0, 0.05) is 19.3 Å². The lowest BCUT2D eigenvalue weighted by atomic mass is 9.91. The fourth-order valence-corrected chi connectivity index (χ4v) is 3.27. The molecule has 1 aliphatic rings. The van der Waals surface area contributed by atoms with E-state index in [9.17, 15) is 19.2 Å². The van der Waals surface area contributed by atoms with E-state index in [-0.39, 0.29) is 29.5 Å². The number of H-pyrrole nitrogens is 1. The molecule has 152 valence electrons. The van der Waals surface area contributed by atoms with Gasteiger partial charge in [-0.3, -0.25) is 14.4 Å². The van der Waals surface area contributed by atoms with Crippen LogP contribution in [0.2, 0.25) is 0 Å². The summed E-state index contributed by atoms with van der Waals surface area (Å²) < 4.78 is 4.74. The van der Waals surface area contributed by atoms with Crippen molar-refractivity contribution in [2.75, 3.05) is 14.2 Å². The maximum absolute atomic E-state index is 12.8. The summed E-state index contributed by atoms with van der Waals surface area (Å²) in [6.45, 7) is 0. The number of pyridine rings is 1. The van der Waals surface area contributed by atoms with Gasteiger partial charge in [-0.1, -0.05) is 12.1 Å². The van der Waals surface area contributed by atoms with Gasteiger partial charge in [0.1, 0.15) is 5.56 Å². The van der Waals surface area contributed by atoms with Crippen molar-refractivity contribution in [1.29, 1.82) is 0 Å². The Morgan fingerprint density at radius 3 is 2.59 bits per heavy atom. The quantitative estimate of drug-likeness (QED) is 0.637. The zero-order valence-corrected chi connectivity index (χ0v) is 16.3. The van der Waals surface area contributed by atoms with Crippen LogP contribution in [0.3, 0.4) is 0 Å². The van der Waals surface area contributed by atoms with E-state index in [1.807, 2.05) is 0 Å². The summed E-state index contributed by atoms with van der Waals surface area (Å²) in [7, 11) is 2.71. The van der Waals surface area contributed by atoms with Crippen LogP contribution in [0.5, 0.6) is 0 Å². The summed E-state index contributed by atoms with van der Waals surface area (Å²) in [5, 5.41) is 5.39. The molecule has 3 N–H and O–H groups in total. The molecule has 1 aliphatic carbocycles. The van der Waals surface area contributed by atoms with Crippen LogP contribution in [0.25, 0.3) is 0 Å². The van der Waals surface area contributed by atoms with Crippen LogP contribution in [-0.2, 0) is 11.2 Å². The average Bonchev–Trinajstić information content (AvgIpc) is 2.70. The predicted octanol–water partition coefficient (Wildman–Crippen LogP) is 1.39. The third-order valence-electron chi connectivity index (χ3n) is 5.07. The Balaban J connectivity index is 2.05. The van der Waals surface area contributed by atoms with E-state index in [2.05, 4.69) is 15.6 Å². The smallest absolute Gasteiger partial charge is 0.337 e. The van der Waals surface area contributed by atoms with Crippen molar-refractivity contribution in [1.82, 2.24) is 15.6 Å². The molecule has 1 aromatic heterocycles. The predicted molar refractivity (Wildman–Crippen MR) is 106 cm³/mol. The third kappa shape index (κ3) is 4.37. The molecule has 0 radical (unpaired) electrons. The molecule has 29 heavy (non-hydrogen) atoms. The molecule has 8 nitrogen and oxygen atoms in total. The van der Waals surface area contributed by atoms with Gasteiger partial charge < -0.3 is 20.4 Å². The zero-order chi connectivity index (χ0) is 21.0. The van der Waals surface area contributed by atoms with Gasteiger partial charge in [-0.25, -0.2) is 4.79 Å². The Morgan fingerprint density at radius 1 is 1.21 bits per heavy atom. The first kappa shape index (κ1) is 20.3. The highest BCUT2D eigenvalue weighted by molar-refractivity contribution is 6.02. The summed E-state index contributed by atoms with van der Waals surface area (Å²) in [5.74, 6) is -1.41. The van der Waals surface area contributed by atoms with Crippen LogP contribution in [0.15, 0.2) is 35.3 Å². The topological polar surface area (TPSA) is 117 Å². The van der Waals surface area contributed by atoms with Gasteiger partial charge in [0.2, 0.25) is 0 Å². The van der Waals surface area contributed by atoms with Crippen LogP contribution in [-0.4, -0.2) is 43.0 Å². The van der Waals surface area contributed by atoms with Gasteiger partial charge in [-0.2, -0.15) is 0 Å². The van der Waals surface area contributed by atoms with Crippen molar-refractivity contribution in [3.05, 3.63) is 68.6 Å². The average molecular weight is 397 g/mol. The molecule has 0 spiro atoms. The monoisotopic (exact) mass is 397 g/mol. The SMILES string of the molecule is CNC(=O)c1c(Cc2cccc(C(=O)OC)c2)c(C(=O)NC2CCC2)c[nH]c1=O. The lowest BCUT2D eigenvalue weighted by Crippen LogP contribution is -2.40. The molecule has 8 heteroatoms. The largest absolute Gasteiger partial charge is 0.465 e. The second-order valence-corrected chi connectivity index (χ2v) is 6.93. The normalized spacial score (nSPS) is 13.3. The van der Waals surface area contributed by atoms with E-state index >= 15 is 0 Å². The standard InChI is InChI=1S/C21H23N3O5/c1-22-19(26)17-15(10-12-5-3-6-13(9-12)21(28)29-2)16(11-23-20(17)27)18(25)24-14-7-4-8-14/h3,5-6,9,11,14H,4,7-8,10H2,1-2H3,(H,22,26)(H,23,27)(H,24,25). The summed E-state index contributed by atoms with van der Waals surface area (Å²) in [6, 6.07) is 6.77. The highest BCUT2D eigenvalue weighted by Crippen LogP contribution is 2.21. The molecule has 0 saturated heterocycles. The number of amides is 2. The van der Waals surface area contributed by atoms with Crippen LogP contribution in [0, 0.1) is 0 Å². The van der Waals surface area contributed by atoms with Crippen molar-refractivity contribution in [2.24, 2.45) is 0 Å². The molecule has 0 atom stereocenters. The first-order chi connectivity index (χ1) is 13.9. The van der Waals surface area contributed by atoms with Gasteiger partial charge in [-0.05, 0) is 48.9 Å². The summed E-state index contributed by atoms with van der Waals surface area (Å²) in [4.78, 5) is 51.9. The fourth-order valence-electron chi connectivity index (χ4n) is 3.27. The molecule has 1 aromatic carbocycles. The maximum atomic E-state index is 12.8. The number of ether oxygens (including phenoxy) is 1. The van der Waals surface area contributed by atoms with E-state index in [4.69, 9.17) is 4.74 Å². The van der Waals surface area contributed by atoms with Crippen LogP contribution in [0.1, 0.15) is 61.5 Å².